The summed E-state index contributed by atoms with van der Waals surface area (Å²) in [5, 5.41) is 3.56. The molecule has 0 fully saturated rings. The lowest BCUT2D eigenvalue weighted by atomic mass is 9.98. The minimum absolute atomic E-state index is 0.111. The Bertz CT molecular complexity index is 464. The molecular weight excluding hydrogens is 258 g/mol. The predicted molar refractivity (Wildman–Crippen MR) is 93.0 cm³/mol. The van der Waals surface area contributed by atoms with Gasteiger partial charge in [0, 0.05) is 30.4 Å². The standard InChI is InChI=1S/C18H33N3/c1-9-18(6,7)21(8)17-16(12-19-11-13(2)3)14(4)10-15(5)20-17/h10,13,19H,9,11-12H2,1-8H3. The zero-order valence-electron chi connectivity index (χ0n) is 15.2. The average molecular weight is 291 g/mol. The molecule has 1 aromatic heterocycles. The van der Waals surface area contributed by atoms with E-state index in [1.807, 2.05) is 0 Å². The summed E-state index contributed by atoms with van der Waals surface area (Å²) in [5.74, 6) is 1.78. The van der Waals surface area contributed by atoms with Gasteiger partial charge in [0.1, 0.15) is 5.82 Å². The van der Waals surface area contributed by atoms with E-state index in [-0.39, 0.29) is 5.54 Å². The summed E-state index contributed by atoms with van der Waals surface area (Å²) in [5.41, 5.74) is 3.85. The molecule has 0 atom stereocenters. The average Bonchev–Trinajstić information content (AvgIpc) is 2.39. The molecule has 0 aliphatic heterocycles. The maximum Gasteiger partial charge on any atom is 0.133 e. The monoisotopic (exact) mass is 291 g/mol. The van der Waals surface area contributed by atoms with Gasteiger partial charge in [-0.1, -0.05) is 20.8 Å². The highest BCUT2D eigenvalue weighted by Gasteiger charge is 2.25. The van der Waals surface area contributed by atoms with Crippen LogP contribution in [0.3, 0.4) is 0 Å². The molecule has 0 saturated carbocycles. The zero-order valence-corrected chi connectivity index (χ0v) is 15.2. The number of nitrogens with zero attached hydrogens (tertiary/aromatic N) is 2. The summed E-state index contributed by atoms with van der Waals surface area (Å²) in [7, 11) is 2.16. The van der Waals surface area contributed by atoms with Gasteiger partial charge in [-0.25, -0.2) is 4.98 Å². The molecule has 0 aromatic carbocycles. The van der Waals surface area contributed by atoms with Crippen LogP contribution in [-0.2, 0) is 6.54 Å². The van der Waals surface area contributed by atoms with Crippen LogP contribution in [0.25, 0.3) is 0 Å². The SMILES string of the molecule is CCC(C)(C)N(C)c1nc(C)cc(C)c1CNCC(C)C. The van der Waals surface area contributed by atoms with Crippen LogP contribution in [0, 0.1) is 19.8 Å². The number of rotatable bonds is 7. The van der Waals surface area contributed by atoms with Gasteiger partial charge in [0.05, 0.1) is 0 Å². The number of pyridine rings is 1. The molecule has 0 amide bonds. The van der Waals surface area contributed by atoms with E-state index in [0.29, 0.717) is 5.92 Å². The first-order valence-corrected chi connectivity index (χ1v) is 8.10. The summed E-state index contributed by atoms with van der Waals surface area (Å²) < 4.78 is 0. The van der Waals surface area contributed by atoms with E-state index in [0.717, 1.165) is 31.0 Å². The van der Waals surface area contributed by atoms with E-state index in [2.05, 4.69) is 71.8 Å². The normalized spacial score (nSPS) is 12.0. The van der Waals surface area contributed by atoms with Gasteiger partial charge < -0.3 is 10.2 Å². The van der Waals surface area contributed by atoms with Gasteiger partial charge in [0.2, 0.25) is 0 Å². The van der Waals surface area contributed by atoms with Crippen molar-refractivity contribution in [2.75, 3.05) is 18.5 Å². The molecule has 0 spiro atoms. The van der Waals surface area contributed by atoms with Crippen molar-refractivity contribution in [3.05, 3.63) is 22.9 Å². The summed E-state index contributed by atoms with van der Waals surface area (Å²) in [6, 6.07) is 2.18. The summed E-state index contributed by atoms with van der Waals surface area (Å²) in [4.78, 5) is 7.16. The number of nitrogens with one attached hydrogen (secondary N) is 1. The second kappa shape index (κ2) is 7.26. The van der Waals surface area contributed by atoms with Crippen LogP contribution in [0.1, 0.15) is 57.9 Å². The lowest BCUT2D eigenvalue weighted by molar-refractivity contribution is 0.464. The minimum Gasteiger partial charge on any atom is -0.354 e. The van der Waals surface area contributed by atoms with Gasteiger partial charge in [0.15, 0.2) is 0 Å². The van der Waals surface area contributed by atoms with Crippen LogP contribution in [-0.4, -0.2) is 24.1 Å². The first-order chi connectivity index (χ1) is 9.69. The Morgan fingerprint density at radius 3 is 2.43 bits per heavy atom. The van der Waals surface area contributed by atoms with Gasteiger partial charge in [0.25, 0.3) is 0 Å². The summed E-state index contributed by atoms with van der Waals surface area (Å²) in [6.45, 7) is 17.4. The predicted octanol–water partition coefficient (Wildman–Crippen LogP) is 4.07. The molecule has 3 heteroatoms. The van der Waals surface area contributed by atoms with Crippen LogP contribution in [0.4, 0.5) is 5.82 Å². The first-order valence-electron chi connectivity index (χ1n) is 8.10. The van der Waals surface area contributed by atoms with Crippen molar-refractivity contribution in [1.82, 2.24) is 10.3 Å². The fourth-order valence-electron chi connectivity index (χ4n) is 2.35. The molecule has 0 bridgehead atoms. The topological polar surface area (TPSA) is 28.2 Å². The van der Waals surface area contributed by atoms with Crippen molar-refractivity contribution in [2.24, 2.45) is 5.92 Å². The zero-order chi connectivity index (χ0) is 16.2. The third-order valence-corrected chi connectivity index (χ3v) is 4.40. The van der Waals surface area contributed by atoms with E-state index in [4.69, 9.17) is 4.98 Å². The number of hydrogen-bond acceptors (Lipinski definition) is 3. The molecule has 120 valence electrons. The van der Waals surface area contributed by atoms with Crippen LogP contribution in [0.15, 0.2) is 6.07 Å². The molecule has 3 nitrogen and oxygen atoms in total. The largest absolute Gasteiger partial charge is 0.354 e. The number of aromatic nitrogens is 1. The van der Waals surface area contributed by atoms with E-state index in [9.17, 15) is 0 Å². The second-order valence-corrected chi connectivity index (χ2v) is 7.13. The third-order valence-electron chi connectivity index (χ3n) is 4.40. The molecule has 0 saturated heterocycles. The number of aryl methyl sites for hydroxylation is 2. The van der Waals surface area contributed by atoms with Crippen molar-refractivity contribution in [3.8, 4) is 0 Å². The van der Waals surface area contributed by atoms with Crippen molar-refractivity contribution in [3.63, 3.8) is 0 Å². The van der Waals surface area contributed by atoms with E-state index in [1.54, 1.807) is 0 Å². The lowest BCUT2D eigenvalue weighted by Crippen LogP contribution is -2.42. The second-order valence-electron chi connectivity index (χ2n) is 7.13. The highest BCUT2D eigenvalue weighted by molar-refractivity contribution is 5.52. The van der Waals surface area contributed by atoms with Crippen molar-refractivity contribution in [2.45, 2.75) is 67.0 Å². The van der Waals surface area contributed by atoms with Gasteiger partial charge in [-0.05, 0) is 58.2 Å². The Kier molecular flexibility index (Phi) is 6.21. The molecule has 1 heterocycles. The quantitative estimate of drug-likeness (QED) is 0.821. The Hall–Kier alpha value is -1.09. The molecule has 1 rings (SSSR count). The lowest BCUT2D eigenvalue weighted by Gasteiger charge is -2.37. The van der Waals surface area contributed by atoms with E-state index in [1.165, 1.54) is 11.1 Å². The van der Waals surface area contributed by atoms with E-state index < -0.39 is 0 Å². The summed E-state index contributed by atoms with van der Waals surface area (Å²) in [6.07, 6.45) is 1.09. The fraction of sp³-hybridized carbons (Fsp3) is 0.722. The van der Waals surface area contributed by atoms with Crippen LogP contribution in [0.5, 0.6) is 0 Å². The number of hydrogen-bond donors (Lipinski definition) is 1. The van der Waals surface area contributed by atoms with Crippen molar-refractivity contribution < 1.29 is 0 Å². The van der Waals surface area contributed by atoms with Gasteiger partial charge >= 0.3 is 0 Å². The maximum absolute atomic E-state index is 4.83. The van der Waals surface area contributed by atoms with Crippen LogP contribution in [0.2, 0.25) is 0 Å². The molecule has 0 radical (unpaired) electrons. The highest BCUT2D eigenvalue weighted by atomic mass is 15.2. The molecule has 0 aliphatic rings. The number of anilines is 1. The third kappa shape index (κ3) is 4.70. The Morgan fingerprint density at radius 2 is 1.90 bits per heavy atom. The van der Waals surface area contributed by atoms with Gasteiger partial charge in [-0.2, -0.15) is 0 Å². The van der Waals surface area contributed by atoms with E-state index >= 15 is 0 Å². The fourth-order valence-corrected chi connectivity index (χ4v) is 2.35. The summed E-state index contributed by atoms with van der Waals surface area (Å²) >= 11 is 0. The van der Waals surface area contributed by atoms with Crippen LogP contribution < -0.4 is 10.2 Å². The highest BCUT2D eigenvalue weighted by Crippen LogP contribution is 2.28. The van der Waals surface area contributed by atoms with Crippen LogP contribution >= 0.6 is 0 Å². The molecule has 1 N–H and O–H groups in total. The first kappa shape index (κ1) is 18.0. The van der Waals surface area contributed by atoms with Crippen molar-refractivity contribution >= 4 is 5.82 Å². The Morgan fingerprint density at radius 1 is 1.29 bits per heavy atom. The van der Waals surface area contributed by atoms with Gasteiger partial charge in [-0.3, -0.25) is 0 Å². The Labute approximate surface area is 131 Å². The molecule has 0 unspecified atom stereocenters. The van der Waals surface area contributed by atoms with Crippen molar-refractivity contribution in [1.29, 1.82) is 0 Å². The smallest absolute Gasteiger partial charge is 0.133 e. The minimum atomic E-state index is 0.111. The molecular formula is C18H33N3. The maximum atomic E-state index is 4.83. The molecule has 21 heavy (non-hydrogen) atoms. The molecule has 1 aromatic rings. The molecule has 0 aliphatic carbocycles. The Balaban J connectivity index is 3.11. The van der Waals surface area contributed by atoms with Gasteiger partial charge in [-0.15, -0.1) is 0 Å².